The summed E-state index contributed by atoms with van der Waals surface area (Å²) in [4.78, 5) is 3.82. The minimum Gasteiger partial charge on any atom is -0.364 e. The van der Waals surface area contributed by atoms with Gasteiger partial charge in [-0.25, -0.2) is 13.8 Å². The topological polar surface area (TPSA) is 27.1 Å². The number of aromatic nitrogens is 2. The first-order chi connectivity index (χ1) is 12.5. The maximum atomic E-state index is 13.0. The Hall–Kier alpha value is -2.47. The zero-order valence-electron chi connectivity index (χ0n) is 15.3. The number of imidazole rings is 1. The van der Waals surface area contributed by atoms with Gasteiger partial charge in [-0.05, 0) is 24.3 Å². The monoisotopic (exact) mass is 356 g/mol. The van der Waals surface area contributed by atoms with Crippen molar-refractivity contribution in [3.63, 3.8) is 0 Å². The number of hydrogen-bond acceptors (Lipinski definition) is 2. The first-order valence-electron chi connectivity index (χ1n) is 8.47. The Balaban J connectivity index is 0.000000254. The molecule has 0 saturated carbocycles. The summed E-state index contributed by atoms with van der Waals surface area (Å²) in [7, 11) is 1.65. The van der Waals surface area contributed by atoms with Crippen LogP contribution in [0.1, 0.15) is 13.8 Å². The van der Waals surface area contributed by atoms with Crippen molar-refractivity contribution >= 4 is 17.6 Å². The largest absolute Gasteiger partial charge is 0.364 e. The fourth-order valence-electron chi connectivity index (χ4n) is 2.81. The summed E-state index contributed by atoms with van der Waals surface area (Å²) in [6.07, 6.45) is 5.28. The summed E-state index contributed by atoms with van der Waals surface area (Å²) in [6.45, 7) is 4.96. The lowest BCUT2D eigenvalue weighted by Gasteiger charge is -2.18. The molecule has 136 valence electrons. The lowest BCUT2D eigenvalue weighted by Crippen LogP contribution is -2.44. The van der Waals surface area contributed by atoms with Crippen molar-refractivity contribution < 1.29 is 13.5 Å². The number of benzene rings is 2. The predicted octanol–water partition coefficient (Wildman–Crippen LogP) is 3.47. The van der Waals surface area contributed by atoms with E-state index in [2.05, 4.69) is 18.8 Å². The van der Waals surface area contributed by atoms with Crippen LogP contribution in [0.5, 0.6) is 0 Å². The van der Waals surface area contributed by atoms with E-state index in [0.29, 0.717) is 12.5 Å². The average Bonchev–Trinajstić information content (AvgIpc) is 3.12. The van der Waals surface area contributed by atoms with Gasteiger partial charge < -0.3 is 9.30 Å². The molecule has 3 aromatic rings. The molecule has 0 fully saturated rings. The number of halogens is 2. The molecule has 0 amide bonds. The van der Waals surface area contributed by atoms with Gasteiger partial charge in [0.05, 0.1) is 6.33 Å². The lowest BCUT2D eigenvalue weighted by molar-refractivity contribution is 0.131. The van der Waals surface area contributed by atoms with Gasteiger partial charge in [0, 0.05) is 19.5 Å². The van der Waals surface area contributed by atoms with Crippen molar-refractivity contribution in [1.29, 1.82) is 0 Å². The van der Waals surface area contributed by atoms with Gasteiger partial charge in [0.1, 0.15) is 18.4 Å². The molecule has 0 saturated heterocycles. The van der Waals surface area contributed by atoms with E-state index in [0.717, 1.165) is 10.9 Å². The van der Waals surface area contributed by atoms with Crippen LogP contribution in [0.4, 0.5) is 8.78 Å². The van der Waals surface area contributed by atoms with Crippen LogP contribution in [0.15, 0.2) is 67.3 Å². The fraction of sp³-hybridized carbons (Fsp3) is 0.250. The molecule has 0 radical (unpaired) electrons. The van der Waals surface area contributed by atoms with E-state index in [9.17, 15) is 8.78 Å². The Morgan fingerprint density at radius 1 is 0.962 bits per heavy atom. The molecule has 0 bridgehead atoms. The summed E-state index contributed by atoms with van der Waals surface area (Å²) in [5, 5.41) is 0. The molecule has 3 rings (SSSR count). The minimum absolute atomic E-state index is 0.159. The second-order valence-electron chi connectivity index (χ2n) is 6.32. The fourth-order valence-corrected chi connectivity index (χ4v) is 2.81. The van der Waals surface area contributed by atoms with Crippen LogP contribution < -0.4 is 10.9 Å². The van der Waals surface area contributed by atoms with E-state index in [1.807, 2.05) is 10.8 Å². The Kier molecular flexibility index (Phi) is 7.54. The third kappa shape index (κ3) is 5.81. The van der Waals surface area contributed by atoms with Gasteiger partial charge in [-0.3, -0.25) is 0 Å². The lowest BCUT2D eigenvalue weighted by atomic mass is 9.34. The minimum atomic E-state index is -0.236. The zero-order chi connectivity index (χ0) is 18.9. The van der Waals surface area contributed by atoms with Crippen LogP contribution in [-0.2, 0) is 11.5 Å². The van der Waals surface area contributed by atoms with Gasteiger partial charge >= 0.3 is 0 Å². The molecule has 0 aliphatic carbocycles. The van der Waals surface area contributed by atoms with Crippen LogP contribution in [0.25, 0.3) is 0 Å². The van der Waals surface area contributed by atoms with E-state index >= 15 is 0 Å². The molecule has 1 heterocycles. The van der Waals surface area contributed by atoms with E-state index in [1.165, 1.54) is 24.3 Å². The van der Waals surface area contributed by atoms with Crippen molar-refractivity contribution in [3.05, 3.63) is 78.9 Å². The molecule has 2 aromatic carbocycles. The van der Waals surface area contributed by atoms with Crippen LogP contribution >= 0.6 is 0 Å². The van der Waals surface area contributed by atoms with Crippen LogP contribution in [0.2, 0.25) is 5.82 Å². The molecule has 26 heavy (non-hydrogen) atoms. The van der Waals surface area contributed by atoms with Crippen molar-refractivity contribution in [1.82, 2.24) is 9.55 Å². The van der Waals surface area contributed by atoms with Crippen molar-refractivity contribution in [2.45, 2.75) is 26.4 Å². The Labute approximate surface area is 153 Å². The first kappa shape index (κ1) is 19.9. The van der Waals surface area contributed by atoms with Crippen molar-refractivity contribution in [3.8, 4) is 0 Å². The van der Waals surface area contributed by atoms with E-state index in [-0.39, 0.29) is 18.3 Å². The Morgan fingerprint density at radius 3 is 1.81 bits per heavy atom. The van der Waals surface area contributed by atoms with Crippen LogP contribution in [0, 0.1) is 11.6 Å². The highest BCUT2D eigenvalue weighted by Gasteiger charge is 2.22. The van der Waals surface area contributed by atoms with E-state index in [4.69, 9.17) is 4.74 Å². The van der Waals surface area contributed by atoms with Gasteiger partial charge in [0.15, 0.2) is 0 Å². The number of methoxy groups -OCH3 is 1. The van der Waals surface area contributed by atoms with Crippen LogP contribution in [-0.4, -0.2) is 23.4 Å². The van der Waals surface area contributed by atoms with Gasteiger partial charge in [-0.1, -0.05) is 54.9 Å². The highest BCUT2D eigenvalue weighted by Crippen LogP contribution is 2.09. The number of ether oxygens (including phenoxy) is 1. The maximum absolute atomic E-state index is 13.0. The molecule has 1 aromatic heterocycles. The molecular formula is C20H23BF2N2O. The van der Waals surface area contributed by atoms with Gasteiger partial charge in [-0.15, -0.1) is 0 Å². The summed E-state index contributed by atoms with van der Waals surface area (Å²) >= 11 is 0. The Bertz CT molecular complexity index is 714. The van der Waals surface area contributed by atoms with E-state index in [1.54, 1.807) is 43.9 Å². The van der Waals surface area contributed by atoms with Crippen LogP contribution in [0.3, 0.4) is 0 Å². The molecule has 0 N–H and O–H groups in total. The SMILES string of the molecule is CC(C)B(c1ccc(F)cc1)c1ccc(F)cc1.COCn1ccnc1. The van der Waals surface area contributed by atoms with Gasteiger partial charge in [0.25, 0.3) is 0 Å². The third-order valence-corrected chi connectivity index (χ3v) is 3.96. The molecule has 0 atom stereocenters. The predicted molar refractivity (Wildman–Crippen MR) is 102 cm³/mol. The smallest absolute Gasteiger partial charge is 0.211 e. The zero-order valence-corrected chi connectivity index (χ0v) is 15.3. The maximum Gasteiger partial charge on any atom is 0.211 e. The van der Waals surface area contributed by atoms with Gasteiger partial charge in [0.2, 0.25) is 6.71 Å². The average molecular weight is 356 g/mol. The standard InChI is InChI=1S/C15H15BF2.C5H8N2O/c1-11(2)16(12-3-7-14(17)8-4-12)13-5-9-15(18)10-6-13;1-8-5-7-3-2-6-4-7/h3-11H,1-2H3;2-4H,5H2,1H3. The first-order valence-corrected chi connectivity index (χ1v) is 8.47. The summed E-state index contributed by atoms with van der Waals surface area (Å²) in [5.74, 6) is -0.110. The molecule has 0 spiro atoms. The van der Waals surface area contributed by atoms with Crippen molar-refractivity contribution in [2.75, 3.05) is 7.11 Å². The van der Waals surface area contributed by atoms with E-state index < -0.39 is 0 Å². The molecule has 3 nitrogen and oxygen atoms in total. The second kappa shape index (κ2) is 9.87. The molecular weight excluding hydrogens is 333 g/mol. The molecule has 0 unspecified atom stereocenters. The number of rotatable bonds is 5. The highest BCUT2D eigenvalue weighted by atomic mass is 19.1. The summed E-state index contributed by atoms with van der Waals surface area (Å²) in [6, 6.07) is 13.0. The number of hydrogen-bond donors (Lipinski definition) is 0. The van der Waals surface area contributed by atoms with Gasteiger partial charge in [-0.2, -0.15) is 0 Å². The summed E-state index contributed by atoms with van der Waals surface area (Å²) in [5.41, 5.74) is 2.11. The quantitative estimate of drug-likeness (QED) is 0.655. The normalized spacial score (nSPS) is 10.4. The molecule has 0 aliphatic heterocycles. The summed E-state index contributed by atoms with van der Waals surface area (Å²) < 4.78 is 32.6. The Morgan fingerprint density at radius 2 is 1.46 bits per heavy atom. The molecule has 0 aliphatic rings. The highest BCUT2D eigenvalue weighted by molar-refractivity contribution is 6.86. The third-order valence-electron chi connectivity index (χ3n) is 3.96. The second-order valence-corrected chi connectivity index (χ2v) is 6.32. The van der Waals surface area contributed by atoms with Crippen molar-refractivity contribution in [2.24, 2.45) is 0 Å². The molecule has 6 heteroatoms. The number of nitrogens with zero attached hydrogens (tertiary/aromatic N) is 2.